The molecule has 4 rings (SSSR count). The van der Waals surface area contributed by atoms with Crippen LogP contribution in [-0.2, 0) is 30.0 Å². The van der Waals surface area contributed by atoms with Crippen LogP contribution in [0.1, 0.15) is 27.8 Å². The molecule has 1 heterocycles. The Morgan fingerprint density at radius 2 is 1.49 bits per heavy atom. The highest BCUT2D eigenvalue weighted by Crippen LogP contribution is 2.47. The van der Waals surface area contributed by atoms with Crippen molar-refractivity contribution >= 4 is 16.9 Å². The van der Waals surface area contributed by atoms with E-state index >= 15 is 0 Å². The number of halogens is 6. The van der Waals surface area contributed by atoms with Gasteiger partial charge in [0.05, 0.1) is 17.5 Å². The average molecular weight is 493 g/mol. The van der Waals surface area contributed by atoms with Crippen molar-refractivity contribution in [1.82, 2.24) is 4.98 Å². The topological polar surface area (TPSA) is 62.3 Å². The van der Waals surface area contributed by atoms with Gasteiger partial charge in [-0.2, -0.15) is 26.3 Å². The summed E-state index contributed by atoms with van der Waals surface area (Å²) in [4.78, 5) is 14.0. The second-order valence-electron chi connectivity index (χ2n) is 7.87. The van der Waals surface area contributed by atoms with Gasteiger partial charge in [-0.3, -0.25) is 4.79 Å². The molecule has 4 aromatic rings. The first-order valence-electron chi connectivity index (χ1n) is 10.3. The van der Waals surface area contributed by atoms with Crippen LogP contribution in [0.3, 0.4) is 0 Å². The number of aliphatic carboxylic acids is 1. The summed E-state index contributed by atoms with van der Waals surface area (Å²) >= 11 is 0. The minimum atomic E-state index is -5.22. The van der Waals surface area contributed by atoms with Gasteiger partial charge in [-0.25, -0.2) is 0 Å². The second-order valence-corrected chi connectivity index (χ2v) is 7.87. The van der Waals surface area contributed by atoms with E-state index in [1.807, 2.05) is 30.3 Å². The van der Waals surface area contributed by atoms with E-state index in [0.29, 0.717) is 29.5 Å². The van der Waals surface area contributed by atoms with E-state index in [1.54, 1.807) is 6.20 Å². The average Bonchev–Trinajstić information content (AvgIpc) is 3.15. The Bertz CT molecular complexity index is 1340. The van der Waals surface area contributed by atoms with Crippen LogP contribution in [-0.4, -0.2) is 16.1 Å². The third kappa shape index (κ3) is 5.42. The van der Waals surface area contributed by atoms with Gasteiger partial charge in [-0.05, 0) is 53.4 Å². The van der Waals surface area contributed by atoms with Crippen LogP contribution in [0, 0.1) is 0 Å². The third-order valence-electron chi connectivity index (χ3n) is 5.31. The van der Waals surface area contributed by atoms with Crippen molar-refractivity contribution in [2.45, 2.75) is 25.2 Å². The molecule has 4 nitrogen and oxygen atoms in total. The Labute approximate surface area is 194 Å². The van der Waals surface area contributed by atoms with Crippen molar-refractivity contribution in [3.63, 3.8) is 0 Å². The summed E-state index contributed by atoms with van der Waals surface area (Å²) < 4.78 is 87.7. The predicted molar refractivity (Wildman–Crippen MR) is 115 cm³/mol. The quantitative estimate of drug-likeness (QED) is 0.279. The summed E-state index contributed by atoms with van der Waals surface area (Å²) in [6.45, 7) is 0. The highest BCUT2D eigenvalue weighted by Gasteiger charge is 2.43. The third-order valence-corrected chi connectivity index (χ3v) is 5.31. The predicted octanol–water partition coefficient (Wildman–Crippen LogP) is 7.22. The number of aromatic amines is 1. The molecule has 0 fully saturated rings. The lowest BCUT2D eigenvalue weighted by Gasteiger charge is -2.20. The zero-order chi connectivity index (χ0) is 25.4. The number of nitrogens with one attached hydrogen (secondary N) is 1. The number of carbonyl (C=O) groups is 1. The van der Waals surface area contributed by atoms with Crippen LogP contribution >= 0.6 is 0 Å². The van der Waals surface area contributed by atoms with E-state index in [1.165, 1.54) is 18.2 Å². The number of carboxylic acid groups (broad SMARTS) is 1. The fourth-order valence-electron chi connectivity index (χ4n) is 3.80. The minimum Gasteiger partial charge on any atom is -0.481 e. The van der Waals surface area contributed by atoms with E-state index in [0.717, 1.165) is 11.1 Å². The molecular weight excluding hydrogens is 476 g/mol. The molecule has 35 heavy (non-hydrogen) atoms. The lowest BCUT2D eigenvalue weighted by atomic mass is 10.0. The number of hydrogen-bond donors (Lipinski definition) is 2. The molecule has 2 N–H and O–H groups in total. The first-order valence-corrected chi connectivity index (χ1v) is 10.3. The van der Waals surface area contributed by atoms with Gasteiger partial charge in [0.2, 0.25) is 0 Å². The van der Waals surface area contributed by atoms with E-state index in [-0.39, 0.29) is 5.75 Å². The Morgan fingerprint density at radius 3 is 2.06 bits per heavy atom. The number of alkyl halides is 6. The number of ether oxygens (including phenoxy) is 1. The number of aromatic nitrogens is 1. The van der Waals surface area contributed by atoms with E-state index in [2.05, 4.69) is 4.98 Å². The van der Waals surface area contributed by atoms with E-state index in [4.69, 9.17) is 9.84 Å². The van der Waals surface area contributed by atoms with Crippen molar-refractivity contribution < 1.29 is 41.0 Å². The highest BCUT2D eigenvalue weighted by molar-refractivity contribution is 5.85. The molecule has 1 aromatic heterocycles. The molecule has 0 aliphatic carbocycles. The highest BCUT2D eigenvalue weighted by atomic mass is 19.4. The summed E-state index contributed by atoms with van der Waals surface area (Å²) in [5.74, 6) is -3.23. The fraction of sp³-hybridized carbons (Fsp3) is 0.160. The Balaban J connectivity index is 1.80. The maximum Gasteiger partial charge on any atom is 0.420 e. The number of fused-ring (bicyclic) bond motifs is 1. The standard InChI is InChI=1S/C25H17F6NO3/c26-24(27,28)19-9-15(11-22(33)34)10-20(25(29,30)31)23(19)35-17-6-7-21-18(12-17)16(13-32-21)8-14-4-2-1-3-5-14/h1-7,9-10,12-13,32H,8,11H2,(H,33,34). The zero-order valence-electron chi connectivity index (χ0n) is 17.8. The molecule has 0 unspecified atom stereocenters. The largest absolute Gasteiger partial charge is 0.481 e. The lowest BCUT2D eigenvalue weighted by molar-refractivity contribution is -0.145. The molecule has 0 atom stereocenters. The molecule has 0 aliphatic rings. The number of H-pyrrole nitrogens is 1. The van der Waals surface area contributed by atoms with Crippen LogP contribution < -0.4 is 4.74 Å². The zero-order valence-corrected chi connectivity index (χ0v) is 17.8. The van der Waals surface area contributed by atoms with Crippen molar-refractivity contribution in [2.24, 2.45) is 0 Å². The van der Waals surface area contributed by atoms with Crippen molar-refractivity contribution in [3.05, 3.63) is 94.7 Å². The van der Waals surface area contributed by atoms with Gasteiger partial charge in [0, 0.05) is 17.1 Å². The Hall–Kier alpha value is -3.95. The summed E-state index contributed by atoms with van der Waals surface area (Å²) in [6.07, 6.45) is -9.26. The summed E-state index contributed by atoms with van der Waals surface area (Å²) in [7, 11) is 0. The molecule has 0 saturated heterocycles. The van der Waals surface area contributed by atoms with Gasteiger partial charge in [-0.1, -0.05) is 30.3 Å². The molecule has 0 bridgehead atoms. The Morgan fingerprint density at radius 1 is 0.857 bits per heavy atom. The number of benzene rings is 3. The molecule has 0 spiro atoms. The smallest absolute Gasteiger partial charge is 0.420 e. The van der Waals surface area contributed by atoms with Gasteiger partial charge < -0.3 is 14.8 Å². The van der Waals surface area contributed by atoms with Crippen LogP contribution in [0.2, 0.25) is 0 Å². The molecular formula is C25H17F6NO3. The SMILES string of the molecule is O=C(O)Cc1cc(C(F)(F)F)c(Oc2ccc3[nH]cc(Cc4ccccc4)c3c2)c(C(F)(F)F)c1. The maximum atomic E-state index is 13.7. The summed E-state index contributed by atoms with van der Waals surface area (Å²) in [6, 6.07) is 14.2. The van der Waals surface area contributed by atoms with Gasteiger partial charge >= 0.3 is 18.3 Å². The van der Waals surface area contributed by atoms with Gasteiger partial charge in [0.1, 0.15) is 5.75 Å². The summed E-state index contributed by atoms with van der Waals surface area (Å²) in [5, 5.41) is 9.45. The maximum absolute atomic E-state index is 13.7. The van der Waals surface area contributed by atoms with Gasteiger partial charge in [0.15, 0.2) is 5.75 Å². The van der Waals surface area contributed by atoms with Gasteiger partial charge in [0.25, 0.3) is 0 Å². The normalized spacial score (nSPS) is 12.2. The Kier molecular flexibility index (Phi) is 6.23. The van der Waals surface area contributed by atoms with Crippen molar-refractivity contribution in [2.75, 3.05) is 0 Å². The van der Waals surface area contributed by atoms with Crippen LogP contribution in [0.5, 0.6) is 11.5 Å². The molecule has 0 aliphatic heterocycles. The number of carboxylic acids is 1. The lowest BCUT2D eigenvalue weighted by Crippen LogP contribution is -2.16. The van der Waals surface area contributed by atoms with E-state index in [9.17, 15) is 31.1 Å². The molecule has 10 heteroatoms. The van der Waals surface area contributed by atoms with Crippen LogP contribution in [0.25, 0.3) is 10.9 Å². The number of hydrogen-bond acceptors (Lipinski definition) is 2. The van der Waals surface area contributed by atoms with Crippen molar-refractivity contribution in [3.8, 4) is 11.5 Å². The molecule has 0 radical (unpaired) electrons. The van der Waals surface area contributed by atoms with Gasteiger partial charge in [-0.15, -0.1) is 0 Å². The summed E-state index contributed by atoms with van der Waals surface area (Å²) in [5.41, 5.74) is -1.68. The first kappa shape index (κ1) is 24.2. The molecule has 0 amide bonds. The van der Waals surface area contributed by atoms with Crippen LogP contribution in [0.4, 0.5) is 26.3 Å². The molecule has 182 valence electrons. The minimum absolute atomic E-state index is 0.228. The fourth-order valence-corrected chi connectivity index (χ4v) is 3.80. The number of rotatable bonds is 6. The van der Waals surface area contributed by atoms with E-state index < -0.39 is 47.2 Å². The molecule has 0 saturated carbocycles. The molecule has 3 aromatic carbocycles. The monoisotopic (exact) mass is 493 g/mol. The second kappa shape index (κ2) is 9.01. The van der Waals surface area contributed by atoms with Crippen LogP contribution in [0.15, 0.2) is 66.9 Å². The first-order chi connectivity index (χ1) is 16.4. The van der Waals surface area contributed by atoms with Crippen molar-refractivity contribution in [1.29, 1.82) is 0 Å².